The van der Waals surface area contributed by atoms with Crippen molar-refractivity contribution in [3.8, 4) is 0 Å². The molecule has 0 aromatic heterocycles. The molecule has 114 valence electrons. The molecule has 2 rings (SSSR count). The summed E-state index contributed by atoms with van der Waals surface area (Å²) < 4.78 is 10.2. The molecule has 0 bridgehead atoms. The lowest BCUT2D eigenvalue weighted by Gasteiger charge is -2.55. The molecule has 2 fully saturated rings. The van der Waals surface area contributed by atoms with Gasteiger partial charge in [0.2, 0.25) is 5.91 Å². The first-order chi connectivity index (χ1) is 9.20. The Morgan fingerprint density at radius 1 is 1.35 bits per heavy atom. The monoisotopic (exact) mass is 284 g/mol. The molecular formula is C14H24N2O4. The number of methoxy groups -OCH3 is 1. The summed E-state index contributed by atoms with van der Waals surface area (Å²) in [5.41, 5.74) is -1.08. The molecule has 1 heterocycles. The molecule has 2 N–H and O–H groups in total. The molecule has 2 aliphatic rings. The van der Waals surface area contributed by atoms with Crippen LogP contribution < -0.4 is 10.6 Å². The summed E-state index contributed by atoms with van der Waals surface area (Å²) >= 11 is 0. The first-order valence-electron chi connectivity index (χ1n) is 6.99. The van der Waals surface area contributed by atoms with Gasteiger partial charge in [-0.1, -0.05) is 13.8 Å². The fourth-order valence-corrected chi connectivity index (χ4v) is 3.30. The molecular weight excluding hydrogens is 260 g/mol. The summed E-state index contributed by atoms with van der Waals surface area (Å²) in [6, 6.07) is 0.0845. The second-order valence-electron chi connectivity index (χ2n) is 6.76. The van der Waals surface area contributed by atoms with Crippen LogP contribution in [0.5, 0.6) is 0 Å². The maximum absolute atomic E-state index is 12.4. The van der Waals surface area contributed by atoms with Gasteiger partial charge in [0.05, 0.1) is 13.2 Å². The molecule has 2 amide bonds. The zero-order valence-corrected chi connectivity index (χ0v) is 12.8. The lowest BCUT2D eigenvalue weighted by molar-refractivity contribution is -0.142. The van der Waals surface area contributed by atoms with Crippen LogP contribution in [-0.4, -0.2) is 43.4 Å². The van der Waals surface area contributed by atoms with Crippen molar-refractivity contribution < 1.29 is 19.1 Å². The minimum absolute atomic E-state index is 0.0713. The predicted molar refractivity (Wildman–Crippen MR) is 73.2 cm³/mol. The normalized spacial score (nSPS) is 30.9. The van der Waals surface area contributed by atoms with E-state index >= 15 is 0 Å². The summed E-state index contributed by atoms with van der Waals surface area (Å²) in [5, 5.41) is 5.60. The third-order valence-corrected chi connectivity index (χ3v) is 4.55. The fraction of sp³-hybridized carbons (Fsp3) is 0.857. The van der Waals surface area contributed by atoms with E-state index in [9.17, 15) is 9.59 Å². The maximum atomic E-state index is 12.4. The number of ether oxygens (including phenoxy) is 2. The summed E-state index contributed by atoms with van der Waals surface area (Å²) in [7, 11) is 1.28. The van der Waals surface area contributed by atoms with E-state index in [-0.39, 0.29) is 23.5 Å². The Morgan fingerprint density at radius 2 is 2.00 bits per heavy atom. The van der Waals surface area contributed by atoms with Gasteiger partial charge in [-0.05, 0) is 20.3 Å². The largest absolute Gasteiger partial charge is 0.453 e. The Hall–Kier alpha value is -1.30. The van der Waals surface area contributed by atoms with Crippen molar-refractivity contribution in [3.05, 3.63) is 0 Å². The van der Waals surface area contributed by atoms with Gasteiger partial charge in [0.1, 0.15) is 5.54 Å². The quantitative estimate of drug-likeness (QED) is 0.812. The second-order valence-corrected chi connectivity index (χ2v) is 6.76. The minimum Gasteiger partial charge on any atom is -0.453 e. The number of rotatable bonds is 3. The van der Waals surface area contributed by atoms with Gasteiger partial charge in [-0.3, -0.25) is 4.79 Å². The molecule has 6 heteroatoms. The summed E-state index contributed by atoms with van der Waals surface area (Å²) in [5.74, 6) is 0.175. The average Bonchev–Trinajstić information content (AvgIpc) is 2.81. The molecule has 1 aliphatic carbocycles. The van der Waals surface area contributed by atoms with Crippen LogP contribution in [0.3, 0.4) is 0 Å². The predicted octanol–water partition coefficient (Wildman–Crippen LogP) is 1.05. The number of amides is 2. The van der Waals surface area contributed by atoms with Gasteiger partial charge in [-0.15, -0.1) is 0 Å². The minimum atomic E-state index is -1.01. The van der Waals surface area contributed by atoms with Crippen molar-refractivity contribution in [2.24, 2.45) is 11.3 Å². The Bertz CT molecular complexity index is 419. The van der Waals surface area contributed by atoms with Crippen molar-refractivity contribution in [2.75, 3.05) is 13.7 Å². The van der Waals surface area contributed by atoms with Crippen molar-refractivity contribution in [1.29, 1.82) is 0 Å². The number of alkyl carbamates (subject to hydrolysis) is 1. The molecule has 0 spiro atoms. The van der Waals surface area contributed by atoms with Crippen LogP contribution in [0.4, 0.5) is 4.79 Å². The van der Waals surface area contributed by atoms with Gasteiger partial charge in [0, 0.05) is 24.0 Å². The van der Waals surface area contributed by atoms with E-state index in [1.165, 1.54) is 7.11 Å². The Labute approximate surface area is 119 Å². The zero-order chi connectivity index (χ0) is 15.1. The van der Waals surface area contributed by atoms with Crippen LogP contribution in [0.1, 0.15) is 34.1 Å². The molecule has 0 radical (unpaired) electrons. The molecule has 1 saturated carbocycles. The summed E-state index contributed by atoms with van der Waals surface area (Å²) in [6.07, 6.45) is 0.591. The maximum Gasteiger partial charge on any atom is 0.407 e. The molecule has 3 atom stereocenters. The van der Waals surface area contributed by atoms with Crippen molar-refractivity contribution >= 4 is 12.0 Å². The molecule has 1 saturated heterocycles. The Kier molecular flexibility index (Phi) is 3.71. The standard InChI is InChI=1S/C14H24N2O4/c1-13(2)9(8-6-7-20-10(8)13)15-11(17)14(3,4)16-12(18)19-5/h8-10H,6-7H2,1-5H3,(H,15,17)(H,16,18)/t8-,9+,10-/m0/s1. The highest BCUT2D eigenvalue weighted by Gasteiger charge is 2.60. The fourth-order valence-electron chi connectivity index (χ4n) is 3.30. The van der Waals surface area contributed by atoms with E-state index in [2.05, 4.69) is 29.2 Å². The third kappa shape index (κ3) is 2.37. The van der Waals surface area contributed by atoms with Crippen LogP contribution in [0.25, 0.3) is 0 Å². The molecule has 0 aromatic rings. The van der Waals surface area contributed by atoms with E-state index in [1.807, 2.05) is 0 Å². The van der Waals surface area contributed by atoms with E-state index in [4.69, 9.17) is 4.74 Å². The first-order valence-corrected chi connectivity index (χ1v) is 6.99. The number of carbonyl (C=O) groups is 2. The number of hydrogen-bond acceptors (Lipinski definition) is 4. The number of hydrogen-bond donors (Lipinski definition) is 2. The van der Waals surface area contributed by atoms with Crippen LogP contribution in [0, 0.1) is 11.3 Å². The van der Waals surface area contributed by atoms with Crippen molar-refractivity contribution in [1.82, 2.24) is 10.6 Å². The van der Waals surface area contributed by atoms with E-state index in [0.717, 1.165) is 13.0 Å². The first kappa shape index (κ1) is 15.1. The zero-order valence-electron chi connectivity index (χ0n) is 12.8. The van der Waals surface area contributed by atoms with Crippen LogP contribution in [0.15, 0.2) is 0 Å². The average molecular weight is 284 g/mol. The number of nitrogens with one attached hydrogen (secondary N) is 2. The molecule has 0 unspecified atom stereocenters. The van der Waals surface area contributed by atoms with Gasteiger partial charge in [-0.2, -0.15) is 0 Å². The van der Waals surface area contributed by atoms with Gasteiger partial charge in [-0.25, -0.2) is 4.79 Å². The highest BCUT2D eigenvalue weighted by atomic mass is 16.5. The summed E-state index contributed by atoms with van der Waals surface area (Å²) in [4.78, 5) is 23.7. The SMILES string of the molecule is COC(=O)NC(C)(C)C(=O)N[C@@H]1[C@@H]2CCO[C@@H]2C1(C)C. The highest BCUT2D eigenvalue weighted by Crippen LogP contribution is 2.52. The summed E-state index contributed by atoms with van der Waals surface area (Å²) in [6.45, 7) is 8.28. The third-order valence-electron chi connectivity index (χ3n) is 4.55. The Morgan fingerprint density at radius 3 is 2.60 bits per heavy atom. The van der Waals surface area contributed by atoms with Crippen LogP contribution >= 0.6 is 0 Å². The van der Waals surface area contributed by atoms with Crippen LogP contribution in [0.2, 0.25) is 0 Å². The van der Waals surface area contributed by atoms with Crippen molar-refractivity contribution in [3.63, 3.8) is 0 Å². The van der Waals surface area contributed by atoms with Crippen LogP contribution in [-0.2, 0) is 14.3 Å². The van der Waals surface area contributed by atoms with Crippen molar-refractivity contribution in [2.45, 2.75) is 51.8 Å². The molecule has 1 aliphatic heterocycles. The lowest BCUT2D eigenvalue weighted by Crippen LogP contribution is -2.69. The molecule has 6 nitrogen and oxygen atoms in total. The second kappa shape index (κ2) is 4.91. The van der Waals surface area contributed by atoms with E-state index in [1.54, 1.807) is 13.8 Å². The topological polar surface area (TPSA) is 76.7 Å². The van der Waals surface area contributed by atoms with E-state index < -0.39 is 11.6 Å². The Balaban J connectivity index is 1.99. The smallest absolute Gasteiger partial charge is 0.407 e. The lowest BCUT2D eigenvalue weighted by atomic mass is 9.57. The van der Waals surface area contributed by atoms with Gasteiger partial charge in [0.25, 0.3) is 0 Å². The molecule has 0 aromatic carbocycles. The number of carbonyl (C=O) groups excluding carboxylic acids is 2. The molecule has 20 heavy (non-hydrogen) atoms. The highest BCUT2D eigenvalue weighted by molar-refractivity contribution is 5.89. The van der Waals surface area contributed by atoms with Gasteiger partial charge in [0.15, 0.2) is 0 Å². The van der Waals surface area contributed by atoms with Gasteiger partial charge < -0.3 is 20.1 Å². The van der Waals surface area contributed by atoms with Gasteiger partial charge >= 0.3 is 6.09 Å². The number of fused-ring (bicyclic) bond motifs is 1. The van der Waals surface area contributed by atoms with E-state index in [0.29, 0.717) is 5.92 Å².